The molecule has 2 aromatic carbocycles. The zero-order valence-electron chi connectivity index (χ0n) is 12.5. The molecule has 0 aliphatic carbocycles. The van der Waals surface area contributed by atoms with Crippen LogP contribution in [0.5, 0.6) is 0 Å². The van der Waals surface area contributed by atoms with Gasteiger partial charge in [0.2, 0.25) is 0 Å². The lowest BCUT2D eigenvalue weighted by Gasteiger charge is -2.19. The highest BCUT2D eigenvalue weighted by Crippen LogP contribution is 2.15. The van der Waals surface area contributed by atoms with E-state index in [-0.39, 0.29) is 12.0 Å². The minimum atomic E-state index is 0.0305. The van der Waals surface area contributed by atoms with E-state index in [9.17, 15) is 0 Å². The molecular formula is C20H22O. The van der Waals surface area contributed by atoms with E-state index < -0.39 is 0 Å². The van der Waals surface area contributed by atoms with Crippen molar-refractivity contribution in [3.63, 3.8) is 0 Å². The van der Waals surface area contributed by atoms with E-state index in [1.807, 2.05) is 42.5 Å². The lowest BCUT2D eigenvalue weighted by atomic mass is 10.0. The zero-order chi connectivity index (χ0) is 14.9. The van der Waals surface area contributed by atoms with Crippen molar-refractivity contribution in [3.05, 3.63) is 90.5 Å². The molecule has 2 rings (SSSR count). The molecule has 0 fully saturated rings. The van der Waals surface area contributed by atoms with Crippen LogP contribution in [0.15, 0.2) is 79.4 Å². The summed E-state index contributed by atoms with van der Waals surface area (Å²) in [7, 11) is 0. The Morgan fingerprint density at radius 1 is 1.00 bits per heavy atom. The van der Waals surface area contributed by atoms with Crippen LogP contribution in [0.2, 0.25) is 0 Å². The van der Waals surface area contributed by atoms with Gasteiger partial charge in [0.1, 0.15) is 0 Å². The van der Waals surface area contributed by atoms with Crippen molar-refractivity contribution in [2.45, 2.75) is 19.6 Å². The van der Waals surface area contributed by atoms with E-state index in [2.05, 4.69) is 49.9 Å². The number of ether oxygens (including phenoxy) is 1. The molecule has 108 valence electrons. The van der Waals surface area contributed by atoms with Crippen LogP contribution in [0.3, 0.4) is 0 Å². The summed E-state index contributed by atoms with van der Waals surface area (Å²) < 4.78 is 6.04. The third-order valence-corrected chi connectivity index (χ3v) is 3.45. The summed E-state index contributed by atoms with van der Waals surface area (Å²) in [5.41, 5.74) is 2.37. The first-order chi connectivity index (χ1) is 10.3. The Morgan fingerprint density at radius 2 is 1.62 bits per heavy atom. The second-order valence-corrected chi connectivity index (χ2v) is 5.13. The van der Waals surface area contributed by atoms with Crippen molar-refractivity contribution in [2.75, 3.05) is 0 Å². The maximum atomic E-state index is 6.04. The molecule has 0 amide bonds. The van der Waals surface area contributed by atoms with Gasteiger partial charge < -0.3 is 4.74 Å². The van der Waals surface area contributed by atoms with Crippen LogP contribution < -0.4 is 0 Å². The third kappa shape index (κ3) is 5.05. The highest BCUT2D eigenvalue weighted by molar-refractivity contribution is 5.49. The summed E-state index contributed by atoms with van der Waals surface area (Å²) >= 11 is 0. The average molecular weight is 278 g/mol. The summed E-state index contributed by atoms with van der Waals surface area (Å²) in [6, 6.07) is 20.5. The van der Waals surface area contributed by atoms with Gasteiger partial charge in [-0.3, -0.25) is 0 Å². The molecule has 0 N–H and O–H groups in total. The van der Waals surface area contributed by atoms with Gasteiger partial charge in [-0.15, -0.1) is 6.58 Å². The highest BCUT2D eigenvalue weighted by Gasteiger charge is 2.11. The Balaban J connectivity index is 2.01. The van der Waals surface area contributed by atoms with E-state index in [0.717, 1.165) is 0 Å². The Bertz CT molecular complexity index is 557. The number of hydrogen-bond donors (Lipinski definition) is 0. The molecule has 0 aliphatic heterocycles. The van der Waals surface area contributed by atoms with Gasteiger partial charge in [0, 0.05) is 5.92 Å². The minimum Gasteiger partial charge on any atom is -0.369 e. The van der Waals surface area contributed by atoms with Gasteiger partial charge in [-0.05, 0) is 11.1 Å². The van der Waals surface area contributed by atoms with Crippen molar-refractivity contribution in [3.8, 4) is 0 Å². The van der Waals surface area contributed by atoms with Crippen molar-refractivity contribution in [2.24, 2.45) is 5.92 Å². The quantitative estimate of drug-likeness (QED) is 0.640. The van der Waals surface area contributed by atoms with Crippen LogP contribution >= 0.6 is 0 Å². The van der Waals surface area contributed by atoms with Gasteiger partial charge in [-0.25, -0.2) is 0 Å². The van der Waals surface area contributed by atoms with Gasteiger partial charge in [0.05, 0.1) is 12.7 Å². The zero-order valence-corrected chi connectivity index (χ0v) is 12.5. The van der Waals surface area contributed by atoms with Crippen LogP contribution in [0, 0.1) is 5.92 Å². The molecule has 0 radical (unpaired) electrons. The fourth-order valence-corrected chi connectivity index (χ4v) is 2.05. The first kappa shape index (κ1) is 15.3. The van der Waals surface area contributed by atoms with Gasteiger partial charge >= 0.3 is 0 Å². The number of hydrogen-bond acceptors (Lipinski definition) is 1. The topological polar surface area (TPSA) is 9.23 Å². The second kappa shape index (κ2) is 8.23. The molecule has 0 saturated heterocycles. The molecule has 0 unspecified atom stereocenters. The molecule has 0 bridgehead atoms. The van der Waals surface area contributed by atoms with E-state index in [1.54, 1.807) is 0 Å². The molecule has 0 aliphatic rings. The van der Waals surface area contributed by atoms with Crippen LogP contribution in [0.25, 0.3) is 6.08 Å². The molecule has 1 heteroatoms. The molecule has 0 spiro atoms. The van der Waals surface area contributed by atoms with Crippen LogP contribution in [0.1, 0.15) is 18.1 Å². The molecule has 2 atom stereocenters. The Kier molecular flexibility index (Phi) is 5.99. The van der Waals surface area contributed by atoms with Crippen molar-refractivity contribution < 1.29 is 4.74 Å². The lowest BCUT2D eigenvalue weighted by Crippen LogP contribution is -2.17. The highest BCUT2D eigenvalue weighted by atomic mass is 16.5. The van der Waals surface area contributed by atoms with E-state index in [1.165, 1.54) is 11.1 Å². The predicted molar refractivity (Wildman–Crippen MR) is 89.9 cm³/mol. The monoisotopic (exact) mass is 278 g/mol. The average Bonchev–Trinajstić information content (AvgIpc) is 2.56. The Hall–Kier alpha value is -2.12. The smallest absolute Gasteiger partial charge is 0.0823 e. The van der Waals surface area contributed by atoms with Gasteiger partial charge in [-0.2, -0.15) is 0 Å². The Morgan fingerprint density at radius 3 is 2.24 bits per heavy atom. The van der Waals surface area contributed by atoms with Gasteiger partial charge in [-0.1, -0.05) is 85.8 Å². The fourth-order valence-electron chi connectivity index (χ4n) is 2.05. The summed E-state index contributed by atoms with van der Waals surface area (Å²) in [6.07, 6.45) is 6.19. The summed E-state index contributed by atoms with van der Waals surface area (Å²) in [4.78, 5) is 0. The van der Waals surface area contributed by atoms with Crippen LogP contribution in [-0.4, -0.2) is 6.10 Å². The summed E-state index contributed by atoms with van der Waals surface area (Å²) in [5.74, 6) is 0.272. The van der Waals surface area contributed by atoms with E-state index in [4.69, 9.17) is 4.74 Å². The first-order valence-corrected chi connectivity index (χ1v) is 7.31. The lowest BCUT2D eigenvalue weighted by molar-refractivity contribution is 0.0507. The van der Waals surface area contributed by atoms with Crippen LogP contribution in [-0.2, 0) is 11.3 Å². The minimum absolute atomic E-state index is 0.0305. The molecular weight excluding hydrogens is 256 g/mol. The van der Waals surface area contributed by atoms with E-state index in [0.29, 0.717) is 6.61 Å². The van der Waals surface area contributed by atoms with Gasteiger partial charge in [0.15, 0.2) is 0 Å². The third-order valence-electron chi connectivity index (χ3n) is 3.45. The normalized spacial score (nSPS) is 14.0. The molecule has 21 heavy (non-hydrogen) atoms. The summed E-state index contributed by atoms with van der Waals surface area (Å²) in [6.45, 7) is 6.61. The molecule has 0 aromatic heterocycles. The van der Waals surface area contributed by atoms with Gasteiger partial charge in [0.25, 0.3) is 0 Å². The molecule has 1 nitrogen and oxygen atoms in total. The van der Waals surface area contributed by atoms with Crippen molar-refractivity contribution >= 4 is 6.08 Å². The number of rotatable bonds is 7. The summed E-state index contributed by atoms with van der Waals surface area (Å²) in [5, 5.41) is 0. The largest absolute Gasteiger partial charge is 0.369 e. The molecule has 0 saturated carbocycles. The Labute approximate surface area is 127 Å². The standard InChI is InChI=1S/C20H22O/c1-3-17(2)20(15-14-18-10-6-4-7-11-18)21-16-19-12-8-5-9-13-19/h3-15,17,20H,1,16H2,2H3/b15-14-/t17-,20+/m0/s1. The van der Waals surface area contributed by atoms with E-state index >= 15 is 0 Å². The molecule has 0 heterocycles. The second-order valence-electron chi connectivity index (χ2n) is 5.13. The SMILES string of the molecule is C=C[C@H](C)[C@@H](/C=C\c1ccccc1)OCc1ccccc1. The maximum Gasteiger partial charge on any atom is 0.0823 e. The fraction of sp³-hybridized carbons (Fsp3) is 0.200. The molecule has 2 aromatic rings. The predicted octanol–water partition coefficient (Wildman–Crippen LogP) is 5.11. The van der Waals surface area contributed by atoms with Crippen LogP contribution in [0.4, 0.5) is 0 Å². The number of benzene rings is 2. The maximum absolute atomic E-state index is 6.04. The first-order valence-electron chi connectivity index (χ1n) is 7.31. The van der Waals surface area contributed by atoms with Crippen molar-refractivity contribution in [1.29, 1.82) is 0 Å². The van der Waals surface area contributed by atoms with Crippen molar-refractivity contribution in [1.82, 2.24) is 0 Å².